The van der Waals surface area contributed by atoms with Crippen LogP contribution in [0, 0.1) is 5.82 Å². The molecule has 8 heteroatoms. The molecule has 1 heterocycles. The third-order valence-electron chi connectivity index (χ3n) is 4.13. The van der Waals surface area contributed by atoms with Gasteiger partial charge in [-0.15, -0.1) is 5.10 Å². The summed E-state index contributed by atoms with van der Waals surface area (Å²) in [7, 11) is 1.56. The smallest absolute Gasteiger partial charge is 0.271 e. The summed E-state index contributed by atoms with van der Waals surface area (Å²) in [5, 5.41) is 6.91. The van der Waals surface area contributed by atoms with Gasteiger partial charge in [0.1, 0.15) is 11.6 Å². The molecule has 0 fully saturated rings. The van der Waals surface area contributed by atoms with Crippen LogP contribution < -0.4 is 20.3 Å². The maximum absolute atomic E-state index is 13.1. The number of benzene rings is 2. The number of hydrogen-bond acceptors (Lipinski definition) is 5. The van der Waals surface area contributed by atoms with Crippen LogP contribution in [0.5, 0.6) is 11.6 Å². The van der Waals surface area contributed by atoms with Crippen LogP contribution in [0.25, 0.3) is 5.69 Å². The van der Waals surface area contributed by atoms with Crippen molar-refractivity contribution in [2.24, 2.45) is 0 Å². The van der Waals surface area contributed by atoms with Gasteiger partial charge in [0.05, 0.1) is 12.8 Å². The average Bonchev–Trinajstić information content (AvgIpc) is 2.74. The van der Waals surface area contributed by atoms with Crippen molar-refractivity contribution in [3.05, 3.63) is 76.8 Å². The predicted molar refractivity (Wildman–Crippen MR) is 106 cm³/mol. The number of nitrogens with one attached hydrogen (secondary N) is 1. The number of rotatable bonds is 7. The molecule has 0 aliphatic rings. The highest BCUT2D eigenvalue weighted by Crippen LogP contribution is 2.17. The van der Waals surface area contributed by atoms with Crippen LogP contribution in [-0.4, -0.2) is 28.9 Å². The fourth-order valence-corrected chi connectivity index (χ4v) is 2.59. The molecule has 0 saturated heterocycles. The Hall–Kier alpha value is -3.68. The van der Waals surface area contributed by atoms with E-state index in [4.69, 9.17) is 9.47 Å². The average molecular weight is 397 g/mol. The third kappa shape index (κ3) is 4.98. The Balaban J connectivity index is 1.75. The van der Waals surface area contributed by atoms with Gasteiger partial charge in [0.25, 0.3) is 11.5 Å². The molecule has 0 spiro atoms. The van der Waals surface area contributed by atoms with Crippen molar-refractivity contribution in [2.75, 3.05) is 12.4 Å². The molecule has 7 nitrogen and oxygen atoms in total. The SMILES string of the molecule is CCC(Oc1ccc(=O)n(-c2ccc(F)cc2)n1)C(=O)Nc1ccc(OC)cc1. The van der Waals surface area contributed by atoms with Gasteiger partial charge in [0, 0.05) is 17.8 Å². The number of aromatic nitrogens is 2. The molecule has 0 radical (unpaired) electrons. The Morgan fingerprint density at radius 3 is 2.41 bits per heavy atom. The summed E-state index contributed by atoms with van der Waals surface area (Å²) >= 11 is 0. The van der Waals surface area contributed by atoms with E-state index >= 15 is 0 Å². The molecule has 1 amide bonds. The quantitative estimate of drug-likeness (QED) is 0.662. The van der Waals surface area contributed by atoms with Crippen LogP contribution in [0.15, 0.2) is 65.5 Å². The highest BCUT2D eigenvalue weighted by Gasteiger charge is 2.20. The van der Waals surface area contributed by atoms with Crippen molar-refractivity contribution in [1.82, 2.24) is 9.78 Å². The van der Waals surface area contributed by atoms with E-state index in [-0.39, 0.29) is 11.8 Å². The van der Waals surface area contributed by atoms with Crippen molar-refractivity contribution in [1.29, 1.82) is 0 Å². The maximum atomic E-state index is 13.1. The van der Waals surface area contributed by atoms with E-state index in [0.29, 0.717) is 23.5 Å². The topological polar surface area (TPSA) is 82.5 Å². The minimum absolute atomic E-state index is 0.102. The minimum Gasteiger partial charge on any atom is -0.497 e. The molecule has 29 heavy (non-hydrogen) atoms. The van der Waals surface area contributed by atoms with Gasteiger partial charge in [0.2, 0.25) is 5.88 Å². The minimum atomic E-state index is -0.816. The molecule has 2 aromatic carbocycles. The fourth-order valence-electron chi connectivity index (χ4n) is 2.59. The molecule has 0 aliphatic carbocycles. The molecule has 1 N–H and O–H groups in total. The number of carbonyl (C=O) groups is 1. The van der Waals surface area contributed by atoms with Crippen molar-refractivity contribution in [3.8, 4) is 17.3 Å². The Bertz CT molecular complexity index is 1030. The lowest BCUT2D eigenvalue weighted by molar-refractivity contribution is -0.123. The Labute approximate surface area is 166 Å². The Kier molecular flexibility index (Phi) is 6.23. The van der Waals surface area contributed by atoms with E-state index in [2.05, 4.69) is 10.4 Å². The zero-order valence-electron chi connectivity index (χ0n) is 16.0. The number of nitrogens with zero attached hydrogens (tertiary/aromatic N) is 2. The van der Waals surface area contributed by atoms with E-state index < -0.39 is 17.5 Å². The highest BCUT2D eigenvalue weighted by atomic mass is 19.1. The molecule has 1 unspecified atom stereocenters. The van der Waals surface area contributed by atoms with Crippen LogP contribution in [0.1, 0.15) is 13.3 Å². The van der Waals surface area contributed by atoms with Gasteiger partial charge in [-0.2, -0.15) is 4.68 Å². The zero-order valence-corrected chi connectivity index (χ0v) is 16.0. The number of halogens is 1. The maximum Gasteiger partial charge on any atom is 0.271 e. The Morgan fingerprint density at radius 2 is 1.79 bits per heavy atom. The van der Waals surface area contributed by atoms with Crippen molar-refractivity contribution in [2.45, 2.75) is 19.4 Å². The molecule has 0 saturated carbocycles. The zero-order chi connectivity index (χ0) is 20.8. The van der Waals surface area contributed by atoms with Gasteiger partial charge in [-0.1, -0.05) is 6.92 Å². The van der Waals surface area contributed by atoms with E-state index in [0.717, 1.165) is 4.68 Å². The van der Waals surface area contributed by atoms with Crippen LogP contribution >= 0.6 is 0 Å². The third-order valence-corrected chi connectivity index (χ3v) is 4.13. The molecule has 0 aliphatic heterocycles. The summed E-state index contributed by atoms with van der Waals surface area (Å²) in [6.07, 6.45) is -0.428. The lowest BCUT2D eigenvalue weighted by Gasteiger charge is -2.17. The molecule has 1 atom stereocenters. The number of ether oxygens (including phenoxy) is 2. The van der Waals surface area contributed by atoms with Gasteiger partial charge < -0.3 is 14.8 Å². The first kappa shape index (κ1) is 20.1. The van der Waals surface area contributed by atoms with Crippen LogP contribution in [0.3, 0.4) is 0 Å². The molecule has 3 rings (SSSR count). The van der Waals surface area contributed by atoms with Gasteiger partial charge in [0.15, 0.2) is 6.10 Å². The Morgan fingerprint density at radius 1 is 1.10 bits per heavy atom. The van der Waals surface area contributed by atoms with E-state index in [1.165, 1.54) is 36.4 Å². The van der Waals surface area contributed by atoms with Gasteiger partial charge in [-0.3, -0.25) is 9.59 Å². The van der Waals surface area contributed by atoms with Crippen LogP contribution in [0.2, 0.25) is 0 Å². The molecule has 3 aromatic rings. The van der Waals surface area contributed by atoms with Gasteiger partial charge in [-0.05, 0) is 55.0 Å². The first-order chi connectivity index (χ1) is 14.0. The van der Waals surface area contributed by atoms with E-state index in [9.17, 15) is 14.0 Å². The molecular formula is C21H20FN3O4. The largest absolute Gasteiger partial charge is 0.497 e. The monoisotopic (exact) mass is 397 g/mol. The highest BCUT2D eigenvalue weighted by molar-refractivity contribution is 5.94. The second kappa shape index (κ2) is 9.01. The lowest BCUT2D eigenvalue weighted by atomic mass is 10.2. The molecular weight excluding hydrogens is 377 g/mol. The van der Waals surface area contributed by atoms with E-state index in [1.54, 1.807) is 38.3 Å². The van der Waals surface area contributed by atoms with Crippen LogP contribution in [0.4, 0.5) is 10.1 Å². The first-order valence-corrected chi connectivity index (χ1v) is 8.98. The number of methoxy groups -OCH3 is 1. The predicted octanol–water partition coefficient (Wildman–Crippen LogP) is 3.18. The molecule has 150 valence electrons. The fraction of sp³-hybridized carbons (Fsp3) is 0.190. The summed E-state index contributed by atoms with van der Waals surface area (Å²) in [5.41, 5.74) is 0.583. The van der Waals surface area contributed by atoms with Crippen LogP contribution in [-0.2, 0) is 4.79 Å². The second-order valence-corrected chi connectivity index (χ2v) is 6.13. The van der Waals surface area contributed by atoms with E-state index in [1.807, 2.05) is 0 Å². The van der Waals surface area contributed by atoms with Crippen molar-refractivity contribution >= 4 is 11.6 Å². The number of anilines is 1. The number of carbonyl (C=O) groups excluding carboxylic acids is 1. The summed E-state index contributed by atoms with van der Waals surface area (Å²) < 4.78 is 25.0. The summed E-state index contributed by atoms with van der Waals surface area (Å²) in [4.78, 5) is 24.7. The molecule has 1 aromatic heterocycles. The number of amides is 1. The van der Waals surface area contributed by atoms with Crippen molar-refractivity contribution in [3.63, 3.8) is 0 Å². The van der Waals surface area contributed by atoms with Gasteiger partial charge >= 0.3 is 0 Å². The first-order valence-electron chi connectivity index (χ1n) is 8.98. The van der Waals surface area contributed by atoms with Gasteiger partial charge in [-0.25, -0.2) is 4.39 Å². The van der Waals surface area contributed by atoms with Crippen molar-refractivity contribution < 1.29 is 18.7 Å². The standard InChI is InChI=1S/C21H20FN3O4/c1-3-18(21(27)23-15-6-10-17(28-2)11-7-15)29-19-12-13-20(26)25(24-19)16-8-4-14(22)5-9-16/h4-13,18H,3H2,1-2H3,(H,23,27). The normalized spacial score (nSPS) is 11.6. The summed E-state index contributed by atoms with van der Waals surface area (Å²) in [6.45, 7) is 1.80. The molecule has 0 bridgehead atoms. The summed E-state index contributed by atoms with van der Waals surface area (Å²) in [6, 6.07) is 14.9. The second-order valence-electron chi connectivity index (χ2n) is 6.13. The lowest BCUT2D eigenvalue weighted by Crippen LogP contribution is -2.33. The summed E-state index contributed by atoms with van der Waals surface area (Å²) in [5.74, 6) is 0.0126. The number of hydrogen-bond donors (Lipinski definition) is 1.